The highest BCUT2D eigenvalue weighted by Crippen LogP contribution is 2.14. The number of hydrogen-bond acceptors (Lipinski definition) is 4. The van der Waals surface area contributed by atoms with Gasteiger partial charge in [0.1, 0.15) is 6.10 Å². The number of rotatable bonds is 6. The second-order valence-electron chi connectivity index (χ2n) is 4.98. The van der Waals surface area contributed by atoms with Gasteiger partial charge in [-0.15, -0.1) is 0 Å². The number of anilines is 1. The van der Waals surface area contributed by atoms with E-state index in [1.165, 1.54) is 12.1 Å². The molecule has 0 aliphatic carbocycles. The summed E-state index contributed by atoms with van der Waals surface area (Å²) in [5.74, 6) is -1.27. The molecule has 1 aromatic carbocycles. The summed E-state index contributed by atoms with van der Waals surface area (Å²) in [6, 6.07) is 5.98. The van der Waals surface area contributed by atoms with Gasteiger partial charge in [0.15, 0.2) is 0 Å². The van der Waals surface area contributed by atoms with Gasteiger partial charge in [0.2, 0.25) is 0 Å². The van der Waals surface area contributed by atoms with Crippen molar-refractivity contribution in [3.63, 3.8) is 0 Å². The van der Waals surface area contributed by atoms with E-state index in [0.29, 0.717) is 12.3 Å². The van der Waals surface area contributed by atoms with Crippen LogP contribution in [0.2, 0.25) is 0 Å². The van der Waals surface area contributed by atoms with Crippen LogP contribution < -0.4 is 5.32 Å². The molecule has 1 aliphatic heterocycles. The Morgan fingerprint density at radius 2 is 2.14 bits per heavy atom. The minimum atomic E-state index is -0.999. The molecular formula is C15H19NO5. The van der Waals surface area contributed by atoms with Gasteiger partial charge in [0.05, 0.1) is 18.3 Å². The second-order valence-corrected chi connectivity index (χ2v) is 4.98. The molecule has 0 unspecified atom stereocenters. The fourth-order valence-electron chi connectivity index (χ4n) is 2.04. The number of aromatic carboxylic acids is 1. The van der Waals surface area contributed by atoms with E-state index in [-0.39, 0.29) is 17.6 Å². The number of carboxylic acid groups (broad SMARTS) is 1. The normalized spacial score (nSPS) is 19.2. The minimum Gasteiger partial charge on any atom is -0.478 e. The van der Waals surface area contributed by atoms with E-state index >= 15 is 0 Å². The molecule has 1 aliphatic rings. The zero-order valence-corrected chi connectivity index (χ0v) is 11.9. The number of ether oxygens (including phenoxy) is 2. The zero-order chi connectivity index (χ0) is 15.2. The second kappa shape index (κ2) is 7.19. The maximum Gasteiger partial charge on any atom is 0.335 e. The van der Waals surface area contributed by atoms with Crippen LogP contribution in [0.4, 0.5) is 5.69 Å². The topological polar surface area (TPSA) is 84.9 Å². The average molecular weight is 293 g/mol. The van der Waals surface area contributed by atoms with Crippen molar-refractivity contribution in [3.8, 4) is 0 Å². The molecule has 1 amide bonds. The summed E-state index contributed by atoms with van der Waals surface area (Å²) < 4.78 is 10.9. The van der Waals surface area contributed by atoms with Crippen LogP contribution in [0.15, 0.2) is 24.3 Å². The number of hydrogen-bond donors (Lipinski definition) is 2. The quantitative estimate of drug-likeness (QED) is 0.837. The lowest BCUT2D eigenvalue weighted by Gasteiger charge is -2.16. The van der Waals surface area contributed by atoms with Crippen molar-refractivity contribution in [1.82, 2.24) is 0 Å². The maximum absolute atomic E-state index is 11.9. The zero-order valence-electron chi connectivity index (χ0n) is 11.9. The van der Waals surface area contributed by atoms with Crippen LogP contribution >= 0.6 is 0 Å². The first-order valence-electron chi connectivity index (χ1n) is 6.93. The van der Waals surface area contributed by atoms with Crippen molar-refractivity contribution in [2.24, 2.45) is 0 Å². The van der Waals surface area contributed by atoms with Gasteiger partial charge in [-0.1, -0.05) is 0 Å². The first-order chi connectivity index (χ1) is 10.1. The summed E-state index contributed by atoms with van der Waals surface area (Å²) in [5.41, 5.74) is 0.716. The minimum absolute atomic E-state index is 0.0788. The molecule has 6 heteroatoms. The summed E-state index contributed by atoms with van der Waals surface area (Å²) >= 11 is 0. The van der Waals surface area contributed by atoms with E-state index in [0.717, 1.165) is 19.4 Å². The maximum atomic E-state index is 11.9. The van der Waals surface area contributed by atoms with Crippen molar-refractivity contribution < 1.29 is 24.2 Å². The highest BCUT2D eigenvalue weighted by atomic mass is 16.5. The fourth-order valence-corrected chi connectivity index (χ4v) is 2.04. The lowest BCUT2D eigenvalue weighted by Crippen LogP contribution is -2.30. The van der Waals surface area contributed by atoms with Crippen LogP contribution in [-0.2, 0) is 14.3 Å². The van der Waals surface area contributed by atoms with Crippen molar-refractivity contribution in [2.75, 3.05) is 18.5 Å². The molecule has 6 nitrogen and oxygen atoms in total. The summed E-state index contributed by atoms with van der Waals surface area (Å²) in [6.45, 7) is 2.84. The summed E-state index contributed by atoms with van der Waals surface area (Å²) in [5, 5.41) is 11.5. The molecule has 0 bridgehead atoms. The number of amides is 1. The van der Waals surface area contributed by atoms with Gasteiger partial charge in [-0.25, -0.2) is 4.79 Å². The van der Waals surface area contributed by atoms with Crippen molar-refractivity contribution in [3.05, 3.63) is 29.8 Å². The fraction of sp³-hybridized carbons (Fsp3) is 0.467. The highest BCUT2D eigenvalue weighted by molar-refractivity contribution is 5.94. The Labute approximate surface area is 123 Å². The van der Waals surface area contributed by atoms with Crippen LogP contribution in [0, 0.1) is 0 Å². The Hall–Kier alpha value is -1.92. The molecule has 1 aromatic rings. The third kappa shape index (κ3) is 4.54. The number of carbonyl (C=O) groups excluding carboxylic acids is 1. The van der Waals surface area contributed by atoms with Crippen LogP contribution in [0.1, 0.15) is 30.1 Å². The largest absolute Gasteiger partial charge is 0.478 e. The smallest absolute Gasteiger partial charge is 0.335 e. The Balaban J connectivity index is 1.80. The molecule has 2 N–H and O–H groups in total. The number of benzene rings is 1. The molecule has 1 heterocycles. The van der Waals surface area contributed by atoms with Crippen molar-refractivity contribution >= 4 is 17.6 Å². The van der Waals surface area contributed by atoms with Gasteiger partial charge in [-0.3, -0.25) is 4.79 Å². The van der Waals surface area contributed by atoms with Gasteiger partial charge in [-0.05, 0) is 44.0 Å². The third-order valence-electron chi connectivity index (χ3n) is 3.32. The Morgan fingerprint density at radius 1 is 1.43 bits per heavy atom. The van der Waals surface area contributed by atoms with E-state index in [2.05, 4.69) is 5.32 Å². The van der Waals surface area contributed by atoms with Crippen LogP contribution in [0.25, 0.3) is 0 Å². The standard InChI is InChI=1S/C15H19NO5/c1-10(21-9-13-3-2-8-20-13)14(17)16-12-6-4-11(5-7-12)15(18)19/h4-7,10,13H,2-3,8-9H2,1H3,(H,16,17)(H,18,19)/t10-,13+/m1/s1. The van der Waals surface area contributed by atoms with E-state index in [1.54, 1.807) is 19.1 Å². The molecular weight excluding hydrogens is 274 g/mol. The molecule has 2 rings (SSSR count). The van der Waals surface area contributed by atoms with E-state index in [9.17, 15) is 9.59 Å². The van der Waals surface area contributed by atoms with Gasteiger partial charge in [-0.2, -0.15) is 0 Å². The predicted molar refractivity (Wildman–Crippen MR) is 76.4 cm³/mol. The molecule has 114 valence electrons. The molecule has 0 spiro atoms. The SMILES string of the molecule is C[C@@H](OC[C@@H]1CCCO1)C(=O)Nc1ccc(C(=O)O)cc1. The molecule has 0 saturated carbocycles. The van der Waals surface area contributed by atoms with E-state index in [4.69, 9.17) is 14.6 Å². The van der Waals surface area contributed by atoms with Crippen LogP contribution in [0.3, 0.4) is 0 Å². The average Bonchev–Trinajstić information content (AvgIpc) is 2.98. The monoisotopic (exact) mass is 293 g/mol. The predicted octanol–water partition coefficient (Wildman–Crippen LogP) is 1.91. The highest BCUT2D eigenvalue weighted by Gasteiger charge is 2.19. The Bertz CT molecular complexity index is 493. The molecule has 0 radical (unpaired) electrons. The van der Waals surface area contributed by atoms with Gasteiger partial charge in [0, 0.05) is 12.3 Å². The summed E-state index contributed by atoms with van der Waals surface area (Å²) in [4.78, 5) is 22.7. The summed E-state index contributed by atoms with van der Waals surface area (Å²) in [6.07, 6.45) is 1.48. The number of carbonyl (C=O) groups is 2. The number of nitrogens with one attached hydrogen (secondary N) is 1. The van der Waals surface area contributed by atoms with Gasteiger partial charge < -0.3 is 19.9 Å². The lowest BCUT2D eigenvalue weighted by atomic mass is 10.2. The Kier molecular flexibility index (Phi) is 5.30. The molecule has 21 heavy (non-hydrogen) atoms. The van der Waals surface area contributed by atoms with Crippen LogP contribution in [-0.4, -0.2) is 42.4 Å². The van der Waals surface area contributed by atoms with Gasteiger partial charge >= 0.3 is 5.97 Å². The van der Waals surface area contributed by atoms with Gasteiger partial charge in [0.25, 0.3) is 5.91 Å². The Morgan fingerprint density at radius 3 is 2.71 bits per heavy atom. The van der Waals surface area contributed by atoms with E-state index in [1.807, 2.05) is 0 Å². The molecule has 2 atom stereocenters. The molecule has 0 aromatic heterocycles. The van der Waals surface area contributed by atoms with Crippen molar-refractivity contribution in [2.45, 2.75) is 32.0 Å². The summed E-state index contributed by atoms with van der Waals surface area (Å²) in [7, 11) is 0. The first-order valence-corrected chi connectivity index (χ1v) is 6.93. The van der Waals surface area contributed by atoms with Crippen LogP contribution in [0.5, 0.6) is 0 Å². The van der Waals surface area contributed by atoms with E-state index < -0.39 is 12.1 Å². The molecule has 1 saturated heterocycles. The number of carboxylic acids is 1. The third-order valence-corrected chi connectivity index (χ3v) is 3.32. The lowest BCUT2D eigenvalue weighted by molar-refractivity contribution is -0.128. The van der Waals surface area contributed by atoms with Crippen molar-refractivity contribution in [1.29, 1.82) is 0 Å². The molecule has 1 fully saturated rings. The first kappa shape index (κ1) is 15.5.